The maximum absolute atomic E-state index is 2.55. The second-order valence-corrected chi connectivity index (χ2v) is 12.0. The van der Waals surface area contributed by atoms with Gasteiger partial charge in [-0.15, -0.1) is 0 Å². The van der Waals surface area contributed by atoms with Gasteiger partial charge in [0.25, 0.3) is 0 Å². The normalized spacial score (nSPS) is 15.6. The minimum Gasteiger partial charge on any atom is -0.298 e. The quantitative estimate of drug-likeness (QED) is 0.309. The molecule has 3 radical (unpaired) electrons. The predicted molar refractivity (Wildman–Crippen MR) is 197 cm³/mol. The molecule has 0 atom stereocenters. The Morgan fingerprint density at radius 3 is 0.425 bits per heavy atom. The van der Waals surface area contributed by atoms with Crippen LogP contribution in [0, 0.1) is 11.8 Å². The lowest BCUT2D eigenvalue weighted by atomic mass is 10.2. The van der Waals surface area contributed by atoms with Gasteiger partial charge in [0.2, 0.25) is 0 Å². The average molecular weight is 576 g/mol. The highest BCUT2D eigenvalue weighted by molar-refractivity contribution is 5.75. The molecule has 0 aliphatic carbocycles. The monoisotopic (exact) mass is 576 g/mol. The zero-order valence-corrected chi connectivity index (χ0v) is 29.5. The van der Waals surface area contributed by atoms with Crippen molar-refractivity contribution in [1.29, 1.82) is 0 Å². The van der Waals surface area contributed by atoms with Crippen LogP contribution < -0.4 is 0 Å². The van der Waals surface area contributed by atoms with E-state index < -0.39 is 0 Å². The first kappa shape index (κ1) is 59.3. The van der Waals surface area contributed by atoms with Gasteiger partial charge in [-0.1, -0.05) is 91.5 Å². The summed E-state index contributed by atoms with van der Waals surface area (Å²) in [5, 5.41) is 0. The number of hydrogen-bond acceptors (Lipinski definition) is 4. The van der Waals surface area contributed by atoms with Crippen LogP contribution in [0.25, 0.3) is 0 Å². The van der Waals surface area contributed by atoms with Gasteiger partial charge in [-0.3, -0.25) is 19.6 Å². The number of nitrogens with zero attached hydrogens (tertiary/aromatic N) is 4. The fourth-order valence-corrected chi connectivity index (χ4v) is 3.54. The molecule has 4 nitrogen and oxygen atoms in total. The molecular weight excluding hydrogens is 487 g/mol. The highest BCUT2D eigenvalue weighted by Crippen LogP contribution is 2.09. The molecular formula is C35H88BN4. The van der Waals surface area contributed by atoms with Gasteiger partial charge in [-0.2, -0.15) is 0 Å². The highest BCUT2D eigenvalue weighted by Gasteiger charge is 2.20. The molecule has 2 heterocycles. The Bertz CT molecular complexity index is 321. The van der Waals surface area contributed by atoms with Crippen LogP contribution in [0.2, 0.25) is 0 Å². The Kier molecular flexibility index (Phi) is 57.7. The molecule has 2 fully saturated rings. The maximum Gasteiger partial charge on any atom is 0.0113 e. The van der Waals surface area contributed by atoms with E-state index in [0.29, 0.717) is 0 Å². The van der Waals surface area contributed by atoms with Crippen molar-refractivity contribution in [2.75, 3.05) is 52.4 Å². The molecule has 0 saturated carbocycles. The molecule has 2 rings (SSSR count). The van der Waals surface area contributed by atoms with Crippen LogP contribution in [0.1, 0.15) is 147 Å². The lowest BCUT2D eigenvalue weighted by Crippen LogP contribution is -2.50. The average Bonchev–Trinajstić information content (AvgIpc) is 2.81. The van der Waals surface area contributed by atoms with Gasteiger partial charge in [-0.25, -0.2) is 0 Å². The van der Waals surface area contributed by atoms with Crippen molar-refractivity contribution in [3.05, 3.63) is 0 Å². The predicted octanol–water partition coefficient (Wildman–Crippen LogP) is 9.75. The van der Waals surface area contributed by atoms with Crippen molar-refractivity contribution in [2.24, 2.45) is 11.8 Å². The summed E-state index contributed by atoms with van der Waals surface area (Å²) in [4.78, 5) is 10.2. The summed E-state index contributed by atoms with van der Waals surface area (Å²) in [5.74, 6) is 1.67. The summed E-state index contributed by atoms with van der Waals surface area (Å²) >= 11 is 0. The van der Waals surface area contributed by atoms with E-state index >= 15 is 0 Å². The van der Waals surface area contributed by atoms with Crippen molar-refractivity contribution < 1.29 is 0 Å². The van der Waals surface area contributed by atoms with Crippen molar-refractivity contribution in [1.82, 2.24) is 19.6 Å². The van der Waals surface area contributed by atoms with Gasteiger partial charge >= 0.3 is 0 Å². The van der Waals surface area contributed by atoms with Crippen LogP contribution in [-0.2, 0) is 0 Å². The van der Waals surface area contributed by atoms with Gasteiger partial charge in [0.15, 0.2) is 0 Å². The number of piperazine rings is 2. The van der Waals surface area contributed by atoms with Crippen LogP contribution in [0.15, 0.2) is 0 Å². The van der Waals surface area contributed by atoms with Crippen LogP contribution in [0.3, 0.4) is 0 Å². The molecule has 40 heavy (non-hydrogen) atoms. The zero-order chi connectivity index (χ0) is 29.4. The molecule has 5 heteroatoms. The third-order valence-electron chi connectivity index (χ3n) is 5.62. The van der Waals surface area contributed by atoms with Crippen molar-refractivity contribution in [2.45, 2.75) is 171 Å². The lowest BCUT2D eigenvalue weighted by molar-refractivity contribution is 0.0887. The first-order chi connectivity index (χ1) is 16.7. The van der Waals surface area contributed by atoms with E-state index in [1.54, 1.807) is 0 Å². The van der Waals surface area contributed by atoms with Gasteiger partial charge in [0.1, 0.15) is 0 Å². The molecule has 0 aromatic carbocycles. The Hall–Kier alpha value is -0.0951. The van der Waals surface area contributed by atoms with Crippen molar-refractivity contribution in [3.63, 3.8) is 0 Å². The maximum atomic E-state index is 2.55. The molecule has 0 bridgehead atoms. The molecule has 2 aliphatic heterocycles. The summed E-state index contributed by atoms with van der Waals surface area (Å²) in [5.41, 5.74) is 0. The fraction of sp³-hybridized carbons (Fsp3) is 1.00. The third-order valence-corrected chi connectivity index (χ3v) is 5.62. The molecule has 0 unspecified atom stereocenters. The first-order valence-corrected chi connectivity index (χ1v) is 15.6. The summed E-state index contributed by atoms with van der Waals surface area (Å²) in [7, 11) is 0. The van der Waals surface area contributed by atoms with Gasteiger partial charge in [0.05, 0.1) is 0 Å². The summed E-state index contributed by atoms with van der Waals surface area (Å²) in [6.07, 6.45) is 0. The Labute approximate surface area is 263 Å². The molecule has 0 aromatic heterocycles. The Balaban J connectivity index is -0.0000000574. The molecule has 0 aromatic rings. The standard InChI is InChI=1S/2C10H22N2.2C4H10.2C2H6.3CH4.B/c2*1-9(2)11-5-7-12(8-6-11)10(3)4;2*1-4(2)3;2*1-2;;;;/h2*9-10H,5-8H2,1-4H3;2*4H,1-3H3;2*1-2H3;3*1H4;. The summed E-state index contributed by atoms with van der Waals surface area (Å²) in [6.45, 7) is 49.2. The van der Waals surface area contributed by atoms with E-state index in [1.165, 1.54) is 52.4 Å². The largest absolute Gasteiger partial charge is 0.298 e. The smallest absolute Gasteiger partial charge is 0.0113 e. The molecule has 0 N–H and O–H groups in total. The summed E-state index contributed by atoms with van der Waals surface area (Å²) in [6, 6.07) is 2.89. The van der Waals surface area contributed by atoms with Crippen molar-refractivity contribution in [3.8, 4) is 0 Å². The van der Waals surface area contributed by atoms with Gasteiger partial charge < -0.3 is 0 Å². The minimum absolute atomic E-state index is 0. The highest BCUT2D eigenvalue weighted by atomic mass is 15.3. The molecule has 0 spiro atoms. The van der Waals surface area contributed by atoms with Crippen molar-refractivity contribution >= 4 is 8.41 Å². The topological polar surface area (TPSA) is 13.0 Å². The Morgan fingerprint density at radius 2 is 0.375 bits per heavy atom. The second kappa shape index (κ2) is 38.9. The van der Waals surface area contributed by atoms with Crippen LogP contribution in [0.5, 0.6) is 0 Å². The third kappa shape index (κ3) is 40.0. The van der Waals surface area contributed by atoms with Crippen LogP contribution in [-0.4, -0.2) is 105 Å². The molecule has 0 amide bonds. The Morgan fingerprint density at radius 1 is 0.300 bits per heavy atom. The molecule has 2 aliphatic rings. The lowest BCUT2D eigenvalue weighted by Gasteiger charge is -2.38. The SMILES string of the molecule is C.C.C.CC.CC.CC(C)C.CC(C)C.CC(C)N1CCN(C(C)C)CC1.CC(C)N1CCN(C(C)C)CC1.[B]. The minimum atomic E-state index is 0. The van der Waals surface area contributed by atoms with Gasteiger partial charge in [0, 0.05) is 84.9 Å². The number of rotatable bonds is 4. The summed E-state index contributed by atoms with van der Waals surface area (Å²) < 4.78 is 0. The van der Waals surface area contributed by atoms with Crippen LogP contribution >= 0.6 is 0 Å². The van der Waals surface area contributed by atoms with E-state index in [9.17, 15) is 0 Å². The fourth-order valence-electron chi connectivity index (χ4n) is 3.54. The van der Waals surface area contributed by atoms with E-state index in [2.05, 4.69) is 117 Å². The van der Waals surface area contributed by atoms with E-state index in [4.69, 9.17) is 0 Å². The van der Waals surface area contributed by atoms with Gasteiger partial charge in [-0.05, 0) is 67.2 Å². The van der Waals surface area contributed by atoms with E-state index in [-0.39, 0.29) is 30.7 Å². The van der Waals surface area contributed by atoms with E-state index in [1.807, 2.05) is 27.7 Å². The number of hydrogen-bond donors (Lipinski definition) is 0. The van der Waals surface area contributed by atoms with E-state index in [0.717, 1.165) is 36.0 Å². The molecule has 2 saturated heterocycles. The second-order valence-electron chi connectivity index (χ2n) is 12.0. The zero-order valence-electron chi connectivity index (χ0n) is 29.5. The first-order valence-electron chi connectivity index (χ1n) is 15.6. The molecule has 251 valence electrons. The van der Waals surface area contributed by atoms with Crippen LogP contribution in [0.4, 0.5) is 0 Å².